The number of nitrogens with two attached hydrogens (primary N) is 1. The first-order valence-corrected chi connectivity index (χ1v) is 8.26. The summed E-state index contributed by atoms with van der Waals surface area (Å²) in [6.07, 6.45) is 2.38. The first-order valence-electron chi connectivity index (χ1n) is 8.26. The average molecular weight is 340 g/mol. The van der Waals surface area contributed by atoms with Crippen LogP contribution in [-0.4, -0.2) is 32.4 Å². The summed E-state index contributed by atoms with van der Waals surface area (Å²) >= 11 is 0. The molecule has 2 aromatic heterocycles. The topological polar surface area (TPSA) is 94.9 Å². The molecule has 1 fully saturated rings. The van der Waals surface area contributed by atoms with Crippen molar-refractivity contribution in [2.24, 2.45) is 0 Å². The lowest BCUT2D eigenvalue weighted by Gasteiger charge is -2.23. The van der Waals surface area contributed by atoms with Crippen molar-refractivity contribution in [2.45, 2.75) is 31.3 Å². The van der Waals surface area contributed by atoms with Gasteiger partial charge in [-0.1, -0.05) is 30.3 Å². The predicted molar refractivity (Wildman–Crippen MR) is 91.5 cm³/mol. The van der Waals surface area contributed by atoms with Crippen LogP contribution in [0, 0.1) is 0 Å². The second-order valence-electron chi connectivity index (χ2n) is 6.22. The molecule has 0 bridgehead atoms. The lowest BCUT2D eigenvalue weighted by Crippen LogP contribution is -2.29. The van der Waals surface area contributed by atoms with Crippen LogP contribution in [-0.2, 0) is 21.9 Å². The molecule has 0 radical (unpaired) electrons. The molecule has 1 saturated heterocycles. The molecule has 7 nitrogen and oxygen atoms in total. The lowest BCUT2D eigenvalue weighted by molar-refractivity contribution is -0.211. The van der Waals surface area contributed by atoms with E-state index in [1.165, 1.54) is 6.33 Å². The van der Waals surface area contributed by atoms with E-state index in [1.807, 2.05) is 30.3 Å². The van der Waals surface area contributed by atoms with Gasteiger partial charge in [0.2, 0.25) is 5.79 Å². The number of nitrogen functional groups attached to an aromatic ring is 1. The van der Waals surface area contributed by atoms with Crippen LogP contribution in [0.5, 0.6) is 0 Å². The number of fused-ring (bicyclic) bond motifs is 1. The van der Waals surface area contributed by atoms with Gasteiger partial charge in [0.1, 0.15) is 17.5 Å². The molecule has 1 aliphatic heterocycles. The summed E-state index contributed by atoms with van der Waals surface area (Å²) in [6, 6.07) is 13.5. The van der Waals surface area contributed by atoms with Crippen LogP contribution in [0.25, 0.3) is 5.52 Å². The zero-order chi connectivity index (χ0) is 17.3. The second-order valence-corrected chi connectivity index (χ2v) is 6.22. The van der Waals surface area contributed by atoms with Gasteiger partial charge in [0, 0.05) is 6.42 Å². The van der Waals surface area contributed by atoms with Gasteiger partial charge in [0.25, 0.3) is 0 Å². The largest absolute Gasteiger partial charge is 0.382 e. The van der Waals surface area contributed by atoms with E-state index in [2.05, 4.69) is 10.1 Å². The summed E-state index contributed by atoms with van der Waals surface area (Å²) in [5.41, 5.74) is 8.17. The third-order valence-electron chi connectivity index (χ3n) is 4.46. The van der Waals surface area contributed by atoms with Crippen LogP contribution in [0.3, 0.4) is 0 Å². The highest BCUT2D eigenvalue weighted by molar-refractivity contribution is 5.65. The van der Waals surface area contributed by atoms with Crippen molar-refractivity contribution in [1.29, 1.82) is 0 Å². The van der Waals surface area contributed by atoms with E-state index >= 15 is 0 Å². The maximum absolute atomic E-state index is 10.9. The van der Waals surface area contributed by atoms with Gasteiger partial charge >= 0.3 is 0 Å². The smallest absolute Gasteiger partial charge is 0.210 e. The van der Waals surface area contributed by atoms with Crippen molar-refractivity contribution in [2.75, 3.05) is 12.3 Å². The van der Waals surface area contributed by atoms with Crippen molar-refractivity contribution in [3.63, 3.8) is 0 Å². The zero-order valence-electron chi connectivity index (χ0n) is 13.7. The van der Waals surface area contributed by atoms with Gasteiger partial charge in [-0.3, -0.25) is 0 Å². The Hall–Kier alpha value is -2.48. The highest BCUT2D eigenvalue weighted by atomic mass is 16.6. The van der Waals surface area contributed by atoms with Crippen LogP contribution in [0.2, 0.25) is 0 Å². The highest BCUT2D eigenvalue weighted by Crippen LogP contribution is 2.37. The molecule has 130 valence electrons. The van der Waals surface area contributed by atoms with Crippen LogP contribution >= 0.6 is 0 Å². The first kappa shape index (κ1) is 16.0. The van der Waals surface area contributed by atoms with Crippen LogP contribution < -0.4 is 5.73 Å². The molecule has 2 atom stereocenters. The minimum atomic E-state index is -1.39. The normalized spacial score (nSPS) is 23.3. The summed E-state index contributed by atoms with van der Waals surface area (Å²) in [5.74, 6) is -1.03. The number of nitrogens with zero attached hydrogens (tertiary/aromatic N) is 3. The molecule has 7 heteroatoms. The van der Waals surface area contributed by atoms with Gasteiger partial charge in [-0.25, -0.2) is 9.50 Å². The van der Waals surface area contributed by atoms with E-state index in [0.717, 1.165) is 5.56 Å². The molecule has 0 spiro atoms. The van der Waals surface area contributed by atoms with Crippen molar-refractivity contribution in [3.8, 4) is 0 Å². The van der Waals surface area contributed by atoms with Gasteiger partial charge in [0.05, 0.1) is 19.3 Å². The summed E-state index contributed by atoms with van der Waals surface area (Å²) < 4.78 is 13.2. The van der Waals surface area contributed by atoms with Crippen LogP contribution in [0.15, 0.2) is 48.8 Å². The SMILES string of the molecule is Nc1ncnn2c(C3(O)CCC(COCc4ccccc4)O3)ccc12. The van der Waals surface area contributed by atoms with E-state index in [9.17, 15) is 5.11 Å². The van der Waals surface area contributed by atoms with E-state index in [0.29, 0.717) is 43.1 Å². The molecule has 0 amide bonds. The predicted octanol–water partition coefficient (Wildman–Crippen LogP) is 1.85. The van der Waals surface area contributed by atoms with Gasteiger partial charge in [-0.2, -0.15) is 5.10 Å². The molecule has 3 heterocycles. The molecule has 3 N–H and O–H groups in total. The molecule has 1 aliphatic rings. The molecule has 3 aromatic rings. The van der Waals surface area contributed by atoms with E-state index < -0.39 is 5.79 Å². The Labute approximate surface area is 145 Å². The highest BCUT2D eigenvalue weighted by Gasteiger charge is 2.42. The Morgan fingerprint density at radius 3 is 2.96 bits per heavy atom. The Balaban J connectivity index is 1.43. The number of aliphatic hydroxyl groups is 1. The molecule has 25 heavy (non-hydrogen) atoms. The fourth-order valence-corrected chi connectivity index (χ4v) is 3.19. The third kappa shape index (κ3) is 3.09. The Bertz CT molecular complexity index is 867. The van der Waals surface area contributed by atoms with Crippen molar-refractivity contribution < 1.29 is 14.6 Å². The van der Waals surface area contributed by atoms with Crippen molar-refractivity contribution in [3.05, 3.63) is 60.0 Å². The second kappa shape index (κ2) is 6.44. The minimum absolute atomic E-state index is 0.168. The van der Waals surface area contributed by atoms with Crippen LogP contribution in [0.4, 0.5) is 5.82 Å². The number of benzene rings is 1. The third-order valence-corrected chi connectivity index (χ3v) is 4.46. The summed E-state index contributed by atoms with van der Waals surface area (Å²) in [4.78, 5) is 3.96. The number of hydrogen-bond acceptors (Lipinski definition) is 6. The average Bonchev–Trinajstić information content (AvgIpc) is 3.22. The standard InChI is InChI=1S/C18H20N4O3/c19-17-15-6-7-16(22(15)21-12-20-17)18(23)9-8-14(25-18)11-24-10-13-4-2-1-3-5-13/h1-7,12,14,23H,8-11H2,(H2,19,20,21). The van der Waals surface area contributed by atoms with Gasteiger partial charge in [-0.15, -0.1) is 0 Å². The first-order chi connectivity index (χ1) is 12.2. The molecule has 4 rings (SSSR count). The number of hydrogen-bond donors (Lipinski definition) is 2. The van der Waals surface area contributed by atoms with E-state index in [4.69, 9.17) is 15.2 Å². The fourth-order valence-electron chi connectivity index (χ4n) is 3.19. The Kier molecular flexibility index (Phi) is 4.12. The monoisotopic (exact) mass is 340 g/mol. The number of rotatable bonds is 5. The van der Waals surface area contributed by atoms with Crippen molar-refractivity contribution in [1.82, 2.24) is 14.6 Å². The van der Waals surface area contributed by atoms with Gasteiger partial charge in [-0.05, 0) is 24.1 Å². The quantitative estimate of drug-likeness (QED) is 0.736. The molecule has 0 aliphatic carbocycles. The van der Waals surface area contributed by atoms with Crippen LogP contribution in [0.1, 0.15) is 24.1 Å². The molecular weight excluding hydrogens is 320 g/mol. The minimum Gasteiger partial charge on any atom is -0.382 e. The Morgan fingerprint density at radius 1 is 1.28 bits per heavy atom. The maximum atomic E-state index is 10.9. The number of aromatic nitrogens is 3. The lowest BCUT2D eigenvalue weighted by atomic mass is 10.1. The van der Waals surface area contributed by atoms with E-state index in [1.54, 1.807) is 16.6 Å². The summed E-state index contributed by atoms with van der Waals surface area (Å²) in [7, 11) is 0. The number of ether oxygens (including phenoxy) is 2. The molecular formula is C18H20N4O3. The molecule has 2 unspecified atom stereocenters. The summed E-state index contributed by atoms with van der Waals surface area (Å²) in [6.45, 7) is 0.953. The van der Waals surface area contributed by atoms with Crippen molar-refractivity contribution >= 4 is 11.3 Å². The Morgan fingerprint density at radius 2 is 2.12 bits per heavy atom. The maximum Gasteiger partial charge on any atom is 0.210 e. The summed E-state index contributed by atoms with van der Waals surface area (Å²) in [5, 5.41) is 15.1. The zero-order valence-corrected chi connectivity index (χ0v) is 13.7. The van der Waals surface area contributed by atoms with Gasteiger partial charge in [0.15, 0.2) is 5.82 Å². The van der Waals surface area contributed by atoms with Gasteiger partial charge < -0.3 is 20.3 Å². The fraction of sp³-hybridized carbons (Fsp3) is 0.333. The molecule has 0 saturated carbocycles. The van der Waals surface area contributed by atoms with E-state index in [-0.39, 0.29) is 6.10 Å². The molecule has 1 aromatic carbocycles. The number of anilines is 1.